The van der Waals surface area contributed by atoms with Crippen LogP contribution in [0.3, 0.4) is 0 Å². The van der Waals surface area contributed by atoms with Gasteiger partial charge in [0.1, 0.15) is 11.5 Å². The maximum absolute atomic E-state index is 12.0. The standard InChI is InChI=1S/C16H17N5O/c1-2-14(22)21-11-5-6-12(21)15-16(19-10-9-18-15)20-13-7-3-4-8-17-13/h2-4,7-10,12H,1,5-6,11H2,(H,17,19,20). The molecule has 6 heteroatoms. The lowest BCUT2D eigenvalue weighted by atomic mass is 10.1. The average Bonchev–Trinajstić information content (AvgIpc) is 3.05. The van der Waals surface area contributed by atoms with Crippen LogP contribution >= 0.6 is 0 Å². The Morgan fingerprint density at radius 1 is 1.27 bits per heavy atom. The Kier molecular flexibility index (Phi) is 4.09. The summed E-state index contributed by atoms with van der Waals surface area (Å²) in [5.74, 6) is 1.26. The van der Waals surface area contributed by atoms with E-state index in [1.54, 1.807) is 23.5 Å². The molecule has 1 aliphatic rings. The molecular formula is C16H17N5O. The fourth-order valence-corrected chi connectivity index (χ4v) is 2.68. The quantitative estimate of drug-likeness (QED) is 0.877. The van der Waals surface area contributed by atoms with E-state index in [2.05, 4.69) is 26.8 Å². The van der Waals surface area contributed by atoms with Gasteiger partial charge in [0.25, 0.3) is 0 Å². The summed E-state index contributed by atoms with van der Waals surface area (Å²) in [6.45, 7) is 4.29. The Labute approximate surface area is 128 Å². The highest BCUT2D eigenvalue weighted by Crippen LogP contribution is 2.34. The molecule has 1 amide bonds. The number of hydrogen-bond donors (Lipinski definition) is 1. The van der Waals surface area contributed by atoms with Gasteiger partial charge in [-0.25, -0.2) is 9.97 Å². The second-order valence-electron chi connectivity index (χ2n) is 5.02. The Morgan fingerprint density at radius 3 is 2.91 bits per heavy atom. The zero-order valence-electron chi connectivity index (χ0n) is 12.1. The molecule has 0 bridgehead atoms. The lowest BCUT2D eigenvalue weighted by Crippen LogP contribution is -2.29. The van der Waals surface area contributed by atoms with Crippen molar-refractivity contribution in [2.75, 3.05) is 11.9 Å². The highest BCUT2D eigenvalue weighted by Gasteiger charge is 2.31. The molecule has 2 aromatic rings. The van der Waals surface area contributed by atoms with Gasteiger partial charge >= 0.3 is 0 Å². The molecule has 0 aromatic carbocycles. The Morgan fingerprint density at radius 2 is 2.14 bits per heavy atom. The van der Waals surface area contributed by atoms with E-state index in [4.69, 9.17) is 0 Å². The van der Waals surface area contributed by atoms with E-state index < -0.39 is 0 Å². The fourth-order valence-electron chi connectivity index (χ4n) is 2.68. The second kappa shape index (κ2) is 6.34. The topological polar surface area (TPSA) is 71.0 Å². The van der Waals surface area contributed by atoms with Crippen molar-refractivity contribution in [2.24, 2.45) is 0 Å². The maximum Gasteiger partial charge on any atom is 0.246 e. The largest absolute Gasteiger partial charge is 0.330 e. The molecule has 0 spiro atoms. The minimum atomic E-state index is -0.0783. The van der Waals surface area contributed by atoms with Crippen molar-refractivity contribution in [3.63, 3.8) is 0 Å². The number of amides is 1. The van der Waals surface area contributed by atoms with Gasteiger partial charge in [0.2, 0.25) is 5.91 Å². The minimum absolute atomic E-state index is 0.0723. The minimum Gasteiger partial charge on any atom is -0.330 e. The number of nitrogens with one attached hydrogen (secondary N) is 1. The average molecular weight is 295 g/mol. The third-order valence-corrected chi connectivity index (χ3v) is 3.66. The third kappa shape index (κ3) is 2.81. The van der Waals surface area contributed by atoms with E-state index in [-0.39, 0.29) is 11.9 Å². The van der Waals surface area contributed by atoms with Crippen molar-refractivity contribution >= 4 is 17.5 Å². The molecule has 1 N–H and O–H groups in total. The van der Waals surface area contributed by atoms with E-state index in [1.807, 2.05) is 18.2 Å². The van der Waals surface area contributed by atoms with Crippen molar-refractivity contribution in [1.82, 2.24) is 19.9 Å². The third-order valence-electron chi connectivity index (χ3n) is 3.66. The first-order chi connectivity index (χ1) is 10.8. The number of likely N-dealkylation sites (tertiary alicyclic amines) is 1. The van der Waals surface area contributed by atoms with E-state index in [1.165, 1.54) is 6.08 Å². The van der Waals surface area contributed by atoms with Crippen LogP contribution in [0, 0.1) is 0 Å². The number of carbonyl (C=O) groups excluding carboxylic acids is 1. The van der Waals surface area contributed by atoms with E-state index in [0.717, 1.165) is 25.1 Å². The van der Waals surface area contributed by atoms with Crippen LogP contribution in [0.15, 0.2) is 49.4 Å². The summed E-state index contributed by atoms with van der Waals surface area (Å²) >= 11 is 0. The number of pyridine rings is 1. The number of hydrogen-bond acceptors (Lipinski definition) is 5. The summed E-state index contributed by atoms with van der Waals surface area (Å²) in [6, 6.07) is 5.53. The Bertz CT molecular complexity index is 673. The first kappa shape index (κ1) is 14.2. The molecule has 2 aromatic heterocycles. The summed E-state index contributed by atoms with van der Waals surface area (Å²) in [5, 5.41) is 3.18. The molecule has 22 heavy (non-hydrogen) atoms. The molecule has 3 rings (SSSR count). The number of aromatic nitrogens is 3. The number of rotatable bonds is 4. The molecule has 0 aliphatic carbocycles. The second-order valence-corrected chi connectivity index (χ2v) is 5.02. The molecular weight excluding hydrogens is 278 g/mol. The predicted molar refractivity (Wildman–Crippen MR) is 83.4 cm³/mol. The van der Waals surface area contributed by atoms with Gasteiger partial charge in [0.15, 0.2) is 5.82 Å². The van der Waals surface area contributed by atoms with Gasteiger partial charge in [0, 0.05) is 25.1 Å². The molecule has 0 radical (unpaired) electrons. The van der Waals surface area contributed by atoms with Crippen molar-refractivity contribution in [1.29, 1.82) is 0 Å². The molecule has 3 heterocycles. The van der Waals surface area contributed by atoms with Gasteiger partial charge < -0.3 is 10.2 Å². The lowest BCUT2D eigenvalue weighted by molar-refractivity contribution is -0.126. The van der Waals surface area contributed by atoms with Gasteiger partial charge in [-0.1, -0.05) is 12.6 Å². The maximum atomic E-state index is 12.0. The summed E-state index contributed by atoms with van der Waals surface area (Å²) in [5.41, 5.74) is 0.765. The van der Waals surface area contributed by atoms with Crippen molar-refractivity contribution in [2.45, 2.75) is 18.9 Å². The molecule has 112 valence electrons. The van der Waals surface area contributed by atoms with Gasteiger partial charge in [-0.15, -0.1) is 0 Å². The lowest BCUT2D eigenvalue weighted by Gasteiger charge is -2.24. The van der Waals surface area contributed by atoms with Crippen LogP contribution in [-0.2, 0) is 4.79 Å². The SMILES string of the molecule is C=CC(=O)N1CCCC1c1nccnc1Nc1ccccn1. The van der Waals surface area contributed by atoms with Crippen LogP contribution in [0.4, 0.5) is 11.6 Å². The van der Waals surface area contributed by atoms with Crippen molar-refractivity contribution in [3.05, 3.63) is 55.1 Å². The Balaban J connectivity index is 1.91. The van der Waals surface area contributed by atoms with Gasteiger partial charge in [0.05, 0.1) is 6.04 Å². The number of anilines is 2. The number of carbonyl (C=O) groups is 1. The molecule has 1 unspecified atom stereocenters. The zero-order chi connectivity index (χ0) is 15.4. The van der Waals surface area contributed by atoms with Crippen LogP contribution in [-0.4, -0.2) is 32.3 Å². The van der Waals surface area contributed by atoms with Crippen LogP contribution < -0.4 is 5.32 Å². The zero-order valence-corrected chi connectivity index (χ0v) is 12.1. The number of nitrogens with zero attached hydrogens (tertiary/aromatic N) is 4. The van der Waals surface area contributed by atoms with Crippen molar-refractivity contribution in [3.8, 4) is 0 Å². The van der Waals surface area contributed by atoms with Crippen LogP contribution in [0.1, 0.15) is 24.6 Å². The molecule has 6 nitrogen and oxygen atoms in total. The van der Waals surface area contributed by atoms with Gasteiger partial charge in [-0.05, 0) is 31.1 Å². The normalized spacial score (nSPS) is 17.3. The molecule has 1 fully saturated rings. The summed E-state index contributed by atoms with van der Waals surface area (Å²) < 4.78 is 0. The first-order valence-electron chi connectivity index (χ1n) is 7.21. The monoisotopic (exact) mass is 295 g/mol. The van der Waals surface area contributed by atoms with Crippen molar-refractivity contribution < 1.29 is 4.79 Å². The predicted octanol–water partition coefficient (Wildman–Crippen LogP) is 2.46. The first-order valence-corrected chi connectivity index (χ1v) is 7.21. The smallest absolute Gasteiger partial charge is 0.246 e. The molecule has 0 saturated carbocycles. The molecule has 1 saturated heterocycles. The Hall–Kier alpha value is -2.76. The van der Waals surface area contributed by atoms with Crippen LogP contribution in [0.2, 0.25) is 0 Å². The van der Waals surface area contributed by atoms with E-state index >= 15 is 0 Å². The molecule has 1 aliphatic heterocycles. The highest BCUT2D eigenvalue weighted by atomic mass is 16.2. The molecule has 1 atom stereocenters. The summed E-state index contributed by atoms with van der Waals surface area (Å²) in [4.78, 5) is 26.8. The van der Waals surface area contributed by atoms with E-state index in [9.17, 15) is 4.79 Å². The van der Waals surface area contributed by atoms with Crippen LogP contribution in [0.5, 0.6) is 0 Å². The van der Waals surface area contributed by atoms with E-state index in [0.29, 0.717) is 11.6 Å². The summed E-state index contributed by atoms with van der Waals surface area (Å²) in [6.07, 6.45) is 8.15. The fraction of sp³-hybridized carbons (Fsp3) is 0.250. The van der Waals surface area contributed by atoms with Gasteiger partial charge in [-0.3, -0.25) is 9.78 Å². The van der Waals surface area contributed by atoms with Crippen LogP contribution in [0.25, 0.3) is 0 Å². The summed E-state index contributed by atoms with van der Waals surface area (Å²) in [7, 11) is 0. The van der Waals surface area contributed by atoms with Gasteiger partial charge in [-0.2, -0.15) is 0 Å². The highest BCUT2D eigenvalue weighted by molar-refractivity contribution is 5.87.